The van der Waals surface area contributed by atoms with Crippen LogP contribution in [-0.2, 0) is 25.6 Å². The van der Waals surface area contributed by atoms with Crippen molar-refractivity contribution >= 4 is 34.8 Å². The molecule has 0 spiro atoms. The number of para-hydroxylation sites is 1. The fourth-order valence-electron chi connectivity index (χ4n) is 3.25. The molecule has 0 aliphatic heterocycles. The number of fused-ring (bicyclic) bond motifs is 1. The normalized spacial score (nSPS) is 10.8. The number of nitrogens with one attached hydrogen (secondary N) is 3. The van der Waals surface area contributed by atoms with E-state index in [9.17, 15) is 19.2 Å². The molecule has 37 heavy (non-hydrogen) atoms. The smallest absolute Gasteiger partial charge is 0.330 e. The summed E-state index contributed by atoms with van der Waals surface area (Å²) in [6.45, 7) is 1.53. The van der Waals surface area contributed by atoms with Gasteiger partial charge in [-0.2, -0.15) is 0 Å². The summed E-state index contributed by atoms with van der Waals surface area (Å²) in [6.07, 6.45) is 4.45. The number of ether oxygens (including phenoxy) is 1. The summed E-state index contributed by atoms with van der Waals surface area (Å²) >= 11 is 0. The first-order valence-corrected chi connectivity index (χ1v) is 11.6. The third-order valence-corrected chi connectivity index (χ3v) is 5.17. The number of aromatic nitrogens is 2. The van der Waals surface area contributed by atoms with Crippen molar-refractivity contribution in [3.8, 4) is 5.75 Å². The van der Waals surface area contributed by atoms with Crippen LogP contribution in [0.25, 0.3) is 10.9 Å². The lowest BCUT2D eigenvalue weighted by atomic mass is 10.2. The van der Waals surface area contributed by atoms with Crippen LogP contribution >= 0.6 is 0 Å². The molecule has 1 heterocycles. The minimum Gasteiger partial charge on any atom is -0.497 e. The minimum absolute atomic E-state index is 0.295. The zero-order valence-electron chi connectivity index (χ0n) is 20.5. The Morgan fingerprint density at radius 2 is 1.78 bits per heavy atom. The second-order valence-electron chi connectivity index (χ2n) is 7.87. The maximum atomic E-state index is 13.0. The first-order valence-electron chi connectivity index (χ1n) is 11.6. The van der Waals surface area contributed by atoms with Crippen LogP contribution < -0.4 is 26.6 Å². The van der Waals surface area contributed by atoms with Crippen molar-refractivity contribution in [1.82, 2.24) is 20.5 Å². The van der Waals surface area contributed by atoms with Gasteiger partial charge >= 0.3 is 11.8 Å². The van der Waals surface area contributed by atoms with E-state index >= 15 is 0 Å². The van der Waals surface area contributed by atoms with Gasteiger partial charge in [0.25, 0.3) is 11.5 Å². The quantitative estimate of drug-likeness (QED) is 0.162. The van der Waals surface area contributed by atoms with Crippen molar-refractivity contribution in [2.45, 2.75) is 32.6 Å². The van der Waals surface area contributed by atoms with Crippen LogP contribution in [0.4, 0.5) is 0 Å². The van der Waals surface area contributed by atoms with Gasteiger partial charge in [-0.15, -0.1) is 0 Å². The number of rotatable bonds is 10. The molecule has 0 saturated heterocycles. The molecule has 0 atom stereocenters. The van der Waals surface area contributed by atoms with Gasteiger partial charge in [0.2, 0.25) is 0 Å². The highest BCUT2D eigenvalue weighted by Gasteiger charge is 2.19. The number of nitrogens with zero attached hydrogens (tertiary/aromatic N) is 3. The van der Waals surface area contributed by atoms with E-state index in [2.05, 4.69) is 15.6 Å². The third-order valence-electron chi connectivity index (χ3n) is 5.17. The van der Waals surface area contributed by atoms with Gasteiger partial charge in [-0.05, 0) is 48.4 Å². The number of carbonyl (C=O) groups excluding carboxylic acids is 3. The highest BCUT2D eigenvalue weighted by molar-refractivity contribution is 6.38. The van der Waals surface area contributed by atoms with Gasteiger partial charge in [-0.3, -0.25) is 35.5 Å². The van der Waals surface area contributed by atoms with Crippen LogP contribution in [0.15, 0.2) is 58.5 Å². The lowest BCUT2D eigenvalue weighted by Gasteiger charge is -2.14. The van der Waals surface area contributed by atoms with Crippen LogP contribution in [0.2, 0.25) is 0 Å². The Morgan fingerprint density at radius 3 is 2.51 bits per heavy atom. The number of benzene rings is 2. The molecule has 0 fully saturated rings. The highest BCUT2D eigenvalue weighted by Crippen LogP contribution is 2.10. The maximum absolute atomic E-state index is 13.0. The van der Waals surface area contributed by atoms with E-state index < -0.39 is 29.9 Å². The average Bonchev–Trinajstić information content (AvgIpc) is 2.92. The monoisotopic (exact) mass is 508 g/mol. The van der Waals surface area contributed by atoms with E-state index in [1.807, 2.05) is 17.8 Å². The molecule has 0 saturated carbocycles. The van der Waals surface area contributed by atoms with Crippen LogP contribution in [0, 0.1) is 0 Å². The van der Waals surface area contributed by atoms with Gasteiger partial charge in [0.15, 0.2) is 6.61 Å². The molecule has 0 unspecified atom stereocenters. The van der Waals surface area contributed by atoms with Crippen molar-refractivity contribution in [1.29, 1.82) is 0 Å². The Morgan fingerprint density at radius 1 is 1.03 bits per heavy atom. The predicted octanol–water partition coefficient (Wildman–Crippen LogP) is 1.41. The summed E-state index contributed by atoms with van der Waals surface area (Å²) in [5.41, 5.74) is 7.00. The molecule has 1 aromatic heterocycles. The van der Waals surface area contributed by atoms with Crippen LogP contribution in [-0.4, -0.2) is 47.3 Å². The molecule has 3 rings (SSSR count). The lowest BCUT2D eigenvalue weighted by Crippen LogP contribution is -2.50. The predicted molar refractivity (Wildman–Crippen MR) is 136 cm³/mol. The second-order valence-corrected chi connectivity index (χ2v) is 7.87. The Hall–Kier alpha value is -4.74. The highest BCUT2D eigenvalue weighted by atomic mass is 16.6. The zero-order valence-corrected chi connectivity index (χ0v) is 20.5. The van der Waals surface area contributed by atoms with Crippen molar-refractivity contribution in [2.24, 2.45) is 5.16 Å². The van der Waals surface area contributed by atoms with E-state index in [1.165, 1.54) is 6.21 Å². The number of aryl methyl sites for hydroxylation is 1. The standard InChI is InChI=1S/C25H28N6O6/c1-3-4-5-10-21-27-20-9-7-6-8-19(20)25(35)31(21)30-24(34)23(33)29-28-22(32)16-37-26-15-17-11-13-18(36-2)14-12-17/h6-9,11-15H,3-5,10,16H2,1-2H3,(H,28,32)(H,29,33)(H,30,34). The van der Waals surface area contributed by atoms with E-state index in [-0.39, 0.29) is 0 Å². The average molecular weight is 509 g/mol. The molecule has 0 bridgehead atoms. The third kappa shape index (κ3) is 7.62. The number of oxime groups is 1. The van der Waals surface area contributed by atoms with Crippen molar-refractivity contribution in [3.05, 3.63) is 70.3 Å². The van der Waals surface area contributed by atoms with Gasteiger partial charge in [0, 0.05) is 6.42 Å². The molecular formula is C25H28N6O6. The summed E-state index contributed by atoms with van der Waals surface area (Å²) in [7, 11) is 1.56. The molecular weight excluding hydrogens is 480 g/mol. The number of hydrogen-bond acceptors (Lipinski definition) is 8. The van der Waals surface area contributed by atoms with E-state index in [0.717, 1.165) is 29.5 Å². The fraction of sp³-hybridized carbons (Fsp3) is 0.280. The van der Waals surface area contributed by atoms with E-state index in [4.69, 9.17) is 9.57 Å². The summed E-state index contributed by atoms with van der Waals surface area (Å²) in [4.78, 5) is 58.9. The fourth-order valence-corrected chi connectivity index (χ4v) is 3.25. The van der Waals surface area contributed by atoms with Crippen LogP contribution in [0.1, 0.15) is 37.6 Å². The lowest BCUT2D eigenvalue weighted by molar-refractivity contribution is -0.139. The van der Waals surface area contributed by atoms with Crippen molar-refractivity contribution in [2.75, 3.05) is 19.1 Å². The van der Waals surface area contributed by atoms with Crippen LogP contribution in [0.3, 0.4) is 0 Å². The largest absolute Gasteiger partial charge is 0.497 e. The van der Waals surface area contributed by atoms with Crippen LogP contribution in [0.5, 0.6) is 5.75 Å². The number of hydrazine groups is 1. The molecule has 3 amide bonds. The first-order chi connectivity index (χ1) is 17.9. The Bertz CT molecular complexity index is 1340. The number of carbonyl (C=O) groups is 3. The number of methoxy groups -OCH3 is 1. The van der Waals surface area contributed by atoms with Gasteiger partial charge in [0.05, 0.1) is 24.2 Å². The van der Waals surface area contributed by atoms with Gasteiger partial charge in [-0.1, -0.05) is 37.1 Å². The molecule has 3 aromatic rings. The molecule has 0 aliphatic rings. The number of hydrogen-bond donors (Lipinski definition) is 3. The maximum Gasteiger partial charge on any atom is 0.330 e. The number of unbranched alkanes of at least 4 members (excludes halogenated alkanes) is 2. The molecule has 3 N–H and O–H groups in total. The van der Waals surface area contributed by atoms with Gasteiger partial charge in [0.1, 0.15) is 11.6 Å². The Balaban J connectivity index is 1.54. The summed E-state index contributed by atoms with van der Waals surface area (Å²) in [5.74, 6) is -2.08. The van der Waals surface area contributed by atoms with Gasteiger partial charge < -0.3 is 9.57 Å². The molecule has 194 valence electrons. The first kappa shape index (κ1) is 26.9. The topological polar surface area (TPSA) is 153 Å². The second kappa shape index (κ2) is 13.4. The molecule has 12 nitrogen and oxygen atoms in total. The molecule has 0 radical (unpaired) electrons. The van der Waals surface area contributed by atoms with Crippen molar-refractivity contribution < 1.29 is 24.0 Å². The summed E-state index contributed by atoms with van der Waals surface area (Å²) in [6, 6.07) is 13.7. The Labute approximate surface area is 212 Å². The van der Waals surface area contributed by atoms with Gasteiger partial charge in [-0.25, -0.2) is 9.66 Å². The molecule has 2 aromatic carbocycles. The summed E-state index contributed by atoms with van der Waals surface area (Å²) < 4.78 is 6.03. The van der Waals surface area contributed by atoms with E-state index in [0.29, 0.717) is 28.9 Å². The Kier molecular flexibility index (Phi) is 9.71. The summed E-state index contributed by atoms with van der Waals surface area (Å²) in [5, 5.41) is 3.96. The van der Waals surface area contributed by atoms with Crippen molar-refractivity contribution in [3.63, 3.8) is 0 Å². The zero-order chi connectivity index (χ0) is 26.6. The molecule has 12 heteroatoms. The van der Waals surface area contributed by atoms with E-state index in [1.54, 1.807) is 55.6 Å². The SMILES string of the molecule is CCCCCc1nc2ccccc2c(=O)n1NC(=O)C(=O)NNC(=O)CON=Cc1ccc(OC)cc1. The number of amides is 3. The molecule has 0 aliphatic carbocycles. The minimum atomic E-state index is -1.19.